The van der Waals surface area contributed by atoms with Crippen molar-refractivity contribution < 1.29 is 4.42 Å². The van der Waals surface area contributed by atoms with E-state index in [0.717, 1.165) is 77.4 Å². The molecule has 200 valence electrons. The normalized spacial score (nSPS) is 11.7. The Morgan fingerprint density at radius 2 is 1.00 bits per heavy atom. The number of aromatic nitrogens is 2. The summed E-state index contributed by atoms with van der Waals surface area (Å²) in [5, 5.41) is 6.81. The highest BCUT2D eigenvalue weighted by atomic mass is 16.3. The highest BCUT2D eigenvalue weighted by Gasteiger charge is 2.16. The maximum absolute atomic E-state index is 6.41. The van der Waals surface area contributed by atoms with Gasteiger partial charge in [-0.1, -0.05) is 121 Å². The maximum Gasteiger partial charge on any atom is 0.143 e. The van der Waals surface area contributed by atoms with Crippen LogP contribution in [0.5, 0.6) is 0 Å². The van der Waals surface area contributed by atoms with E-state index in [-0.39, 0.29) is 0 Å². The lowest BCUT2D eigenvalue weighted by atomic mass is 9.95. The third kappa shape index (κ3) is 3.83. The number of benzene rings is 6. The molecule has 0 aliphatic carbocycles. The second-order valence-corrected chi connectivity index (χ2v) is 11.0. The Morgan fingerprint density at radius 3 is 1.86 bits per heavy atom. The molecule has 0 aliphatic heterocycles. The first kappa shape index (κ1) is 23.9. The SMILES string of the molecule is c1ccc(-c2cccc3c2oc2ccccc23)c(-c2ccc3ccc4ccc(-c5ccc6ccccc6c5)nc4c3n2)c1. The van der Waals surface area contributed by atoms with Crippen LogP contribution < -0.4 is 0 Å². The summed E-state index contributed by atoms with van der Waals surface area (Å²) in [6.07, 6.45) is 0. The third-order valence-electron chi connectivity index (χ3n) is 8.46. The van der Waals surface area contributed by atoms with Gasteiger partial charge in [-0.05, 0) is 40.6 Å². The molecule has 3 heterocycles. The molecule has 0 N–H and O–H groups in total. The van der Waals surface area contributed by atoms with Gasteiger partial charge in [0.25, 0.3) is 0 Å². The van der Waals surface area contributed by atoms with E-state index in [1.54, 1.807) is 0 Å². The van der Waals surface area contributed by atoms with Gasteiger partial charge in [0.1, 0.15) is 11.2 Å². The van der Waals surface area contributed by atoms with Gasteiger partial charge in [0.05, 0.1) is 22.4 Å². The van der Waals surface area contributed by atoms with Gasteiger partial charge < -0.3 is 4.42 Å². The zero-order valence-electron chi connectivity index (χ0n) is 23.2. The molecule has 0 unspecified atom stereocenters. The predicted octanol–water partition coefficient (Wildman–Crippen LogP) is 10.8. The van der Waals surface area contributed by atoms with Crippen LogP contribution in [-0.4, -0.2) is 9.97 Å². The molecule has 0 radical (unpaired) electrons. The number of nitrogens with zero attached hydrogens (tertiary/aromatic N) is 2. The largest absolute Gasteiger partial charge is 0.455 e. The molecule has 0 bridgehead atoms. The molecule has 0 saturated heterocycles. The van der Waals surface area contributed by atoms with Crippen molar-refractivity contribution in [2.75, 3.05) is 0 Å². The van der Waals surface area contributed by atoms with Crippen LogP contribution in [0.25, 0.3) is 88.2 Å². The topological polar surface area (TPSA) is 38.9 Å². The van der Waals surface area contributed by atoms with Crippen LogP contribution in [-0.2, 0) is 0 Å². The number of hydrogen-bond acceptors (Lipinski definition) is 3. The van der Waals surface area contributed by atoms with E-state index in [1.165, 1.54) is 10.8 Å². The predicted molar refractivity (Wildman–Crippen MR) is 178 cm³/mol. The van der Waals surface area contributed by atoms with Gasteiger partial charge >= 0.3 is 0 Å². The first-order valence-corrected chi connectivity index (χ1v) is 14.5. The van der Waals surface area contributed by atoms with Gasteiger partial charge in [-0.25, -0.2) is 9.97 Å². The minimum atomic E-state index is 0.893. The van der Waals surface area contributed by atoms with Crippen LogP contribution in [0.15, 0.2) is 150 Å². The van der Waals surface area contributed by atoms with E-state index < -0.39 is 0 Å². The molecule has 9 aromatic rings. The summed E-state index contributed by atoms with van der Waals surface area (Å²) < 4.78 is 6.41. The molecule has 3 heteroatoms. The Kier molecular flexibility index (Phi) is 5.20. The maximum atomic E-state index is 6.41. The van der Waals surface area contributed by atoms with Crippen LogP contribution in [0.2, 0.25) is 0 Å². The fraction of sp³-hybridized carbons (Fsp3) is 0. The molecule has 0 aliphatic rings. The molecule has 0 amide bonds. The molecule has 43 heavy (non-hydrogen) atoms. The Bertz CT molecular complexity index is 2520. The second-order valence-electron chi connectivity index (χ2n) is 11.0. The lowest BCUT2D eigenvalue weighted by Gasteiger charge is -2.12. The van der Waals surface area contributed by atoms with E-state index in [9.17, 15) is 0 Å². The third-order valence-corrected chi connectivity index (χ3v) is 8.46. The zero-order valence-corrected chi connectivity index (χ0v) is 23.2. The van der Waals surface area contributed by atoms with Crippen LogP contribution >= 0.6 is 0 Å². The summed E-state index contributed by atoms with van der Waals surface area (Å²) in [6.45, 7) is 0. The lowest BCUT2D eigenvalue weighted by Crippen LogP contribution is -1.92. The molecule has 0 spiro atoms. The molecular formula is C40H24N2O. The monoisotopic (exact) mass is 548 g/mol. The van der Waals surface area contributed by atoms with Crippen molar-refractivity contribution in [3.05, 3.63) is 146 Å². The summed E-state index contributed by atoms with van der Waals surface area (Å²) in [4.78, 5) is 10.5. The van der Waals surface area contributed by atoms with E-state index in [1.807, 2.05) is 12.1 Å². The van der Waals surface area contributed by atoms with Crippen LogP contribution in [0.4, 0.5) is 0 Å². The fourth-order valence-electron chi connectivity index (χ4n) is 6.33. The summed E-state index contributed by atoms with van der Waals surface area (Å²) in [6, 6.07) is 50.8. The van der Waals surface area contributed by atoms with Gasteiger partial charge in [0.15, 0.2) is 0 Å². The molecule has 0 saturated carbocycles. The van der Waals surface area contributed by atoms with Crippen molar-refractivity contribution in [1.82, 2.24) is 9.97 Å². The standard InChI is InChI=1S/C40H24N2O/c1-2-9-28-24-29(19-16-25(28)8-1)35-22-20-26-17-18-27-21-23-36(42-39(27)38(26)41-35)31-11-4-3-10-30(31)33-13-7-14-34-32-12-5-6-15-37(32)43-40(33)34/h1-24H. The fourth-order valence-corrected chi connectivity index (χ4v) is 6.33. The summed E-state index contributed by atoms with van der Waals surface area (Å²) in [7, 11) is 0. The van der Waals surface area contributed by atoms with E-state index >= 15 is 0 Å². The van der Waals surface area contributed by atoms with Crippen molar-refractivity contribution in [3.8, 4) is 33.6 Å². The number of pyridine rings is 2. The summed E-state index contributed by atoms with van der Waals surface area (Å²) in [5.74, 6) is 0. The summed E-state index contributed by atoms with van der Waals surface area (Å²) >= 11 is 0. The van der Waals surface area contributed by atoms with Crippen molar-refractivity contribution in [2.45, 2.75) is 0 Å². The first-order chi connectivity index (χ1) is 21.3. The molecule has 0 atom stereocenters. The van der Waals surface area contributed by atoms with Gasteiger partial charge in [-0.2, -0.15) is 0 Å². The zero-order chi connectivity index (χ0) is 28.3. The number of hydrogen-bond donors (Lipinski definition) is 0. The molecule has 3 nitrogen and oxygen atoms in total. The van der Waals surface area contributed by atoms with Crippen LogP contribution in [0.3, 0.4) is 0 Å². The molecule has 6 aromatic carbocycles. The molecule has 3 aromatic heterocycles. The highest BCUT2D eigenvalue weighted by Crippen LogP contribution is 2.40. The molecule has 9 rings (SSSR count). The van der Waals surface area contributed by atoms with E-state index in [0.29, 0.717) is 0 Å². The van der Waals surface area contributed by atoms with Crippen molar-refractivity contribution >= 4 is 54.5 Å². The van der Waals surface area contributed by atoms with Gasteiger partial charge in [-0.15, -0.1) is 0 Å². The number of fused-ring (bicyclic) bond motifs is 7. The second kappa shape index (κ2) is 9.37. The summed E-state index contributed by atoms with van der Waals surface area (Å²) in [5.41, 5.74) is 9.73. The Hall–Kier alpha value is -5.80. The van der Waals surface area contributed by atoms with E-state index in [2.05, 4.69) is 133 Å². The Balaban J connectivity index is 1.23. The number of furan rings is 1. The Labute approximate surface area is 247 Å². The lowest BCUT2D eigenvalue weighted by molar-refractivity contribution is 0.670. The quantitative estimate of drug-likeness (QED) is 0.206. The average molecular weight is 549 g/mol. The first-order valence-electron chi connectivity index (χ1n) is 14.5. The van der Waals surface area contributed by atoms with Crippen molar-refractivity contribution in [2.24, 2.45) is 0 Å². The average Bonchev–Trinajstić information content (AvgIpc) is 3.46. The van der Waals surface area contributed by atoms with Crippen LogP contribution in [0, 0.1) is 0 Å². The number of rotatable bonds is 3. The minimum absolute atomic E-state index is 0.893. The minimum Gasteiger partial charge on any atom is -0.455 e. The van der Waals surface area contributed by atoms with Crippen molar-refractivity contribution in [1.29, 1.82) is 0 Å². The highest BCUT2D eigenvalue weighted by molar-refractivity contribution is 6.11. The van der Waals surface area contributed by atoms with Gasteiger partial charge in [-0.3, -0.25) is 0 Å². The Morgan fingerprint density at radius 1 is 0.395 bits per heavy atom. The number of para-hydroxylation sites is 2. The van der Waals surface area contributed by atoms with Crippen LogP contribution in [0.1, 0.15) is 0 Å². The van der Waals surface area contributed by atoms with Gasteiger partial charge in [0, 0.05) is 38.2 Å². The molecule has 0 fully saturated rings. The van der Waals surface area contributed by atoms with E-state index in [4.69, 9.17) is 14.4 Å². The smallest absolute Gasteiger partial charge is 0.143 e. The van der Waals surface area contributed by atoms with Gasteiger partial charge in [0.2, 0.25) is 0 Å². The van der Waals surface area contributed by atoms with Crippen molar-refractivity contribution in [3.63, 3.8) is 0 Å². The molecular weight excluding hydrogens is 524 g/mol.